The normalized spacial score (nSPS) is 12.7. The van der Waals surface area contributed by atoms with Gasteiger partial charge in [-0.2, -0.15) is 0 Å². The Hall–Kier alpha value is -1.27. The summed E-state index contributed by atoms with van der Waals surface area (Å²) in [6, 6.07) is 3.75. The quantitative estimate of drug-likeness (QED) is 0.920. The van der Waals surface area contributed by atoms with E-state index in [-0.39, 0.29) is 0 Å². The van der Waals surface area contributed by atoms with Crippen molar-refractivity contribution < 1.29 is 5.11 Å². The largest absolute Gasteiger partial charge is 0.386 e. The van der Waals surface area contributed by atoms with Crippen molar-refractivity contribution in [2.75, 3.05) is 0 Å². The Morgan fingerprint density at radius 3 is 2.69 bits per heavy atom. The topological polar surface area (TPSA) is 63.8 Å². The predicted molar refractivity (Wildman–Crippen MR) is 61.6 cm³/mol. The molecule has 2 aromatic heterocycles. The molecule has 0 aliphatic carbocycles. The van der Waals surface area contributed by atoms with Gasteiger partial charge in [0.15, 0.2) is 4.60 Å². The fourth-order valence-corrected chi connectivity index (χ4v) is 2.12. The van der Waals surface area contributed by atoms with Gasteiger partial charge in [-0.25, -0.2) is 4.68 Å². The third-order valence-electron chi connectivity index (χ3n) is 2.32. The van der Waals surface area contributed by atoms with Gasteiger partial charge in [0.2, 0.25) is 0 Å². The van der Waals surface area contributed by atoms with E-state index in [4.69, 9.17) is 0 Å². The van der Waals surface area contributed by atoms with Gasteiger partial charge in [0, 0.05) is 25.9 Å². The first kappa shape index (κ1) is 11.2. The third kappa shape index (κ3) is 2.28. The molecule has 6 heteroatoms. The zero-order chi connectivity index (χ0) is 11.5. The van der Waals surface area contributed by atoms with Crippen LogP contribution in [0.2, 0.25) is 0 Å². The van der Waals surface area contributed by atoms with Crippen LogP contribution in [0.4, 0.5) is 0 Å². The van der Waals surface area contributed by atoms with E-state index in [1.165, 1.54) is 0 Å². The van der Waals surface area contributed by atoms with Gasteiger partial charge in [0.25, 0.3) is 0 Å². The molecular formula is C10H11BrN4O. The molecule has 2 aromatic rings. The van der Waals surface area contributed by atoms with Crippen LogP contribution in [0, 0.1) is 0 Å². The summed E-state index contributed by atoms with van der Waals surface area (Å²) in [4.78, 5) is 3.93. The number of rotatable bonds is 3. The fraction of sp³-hybridized carbons (Fsp3) is 0.300. The van der Waals surface area contributed by atoms with Gasteiger partial charge in [-0.05, 0) is 33.6 Å². The zero-order valence-corrected chi connectivity index (χ0v) is 10.3. The molecule has 84 valence electrons. The number of hydrogen-bond acceptors (Lipinski definition) is 4. The van der Waals surface area contributed by atoms with E-state index in [9.17, 15) is 5.11 Å². The monoisotopic (exact) mass is 282 g/mol. The highest BCUT2D eigenvalue weighted by Gasteiger charge is 2.17. The molecule has 0 aliphatic rings. The molecule has 2 heterocycles. The lowest BCUT2D eigenvalue weighted by Crippen LogP contribution is -2.08. The van der Waals surface area contributed by atoms with E-state index in [1.54, 1.807) is 24.1 Å². The van der Waals surface area contributed by atoms with Gasteiger partial charge >= 0.3 is 0 Å². The third-order valence-corrected chi connectivity index (χ3v) is 2.89. The number of aromatic nitrogens is 4. The van der Waals surface area contributed by atoms with Crippen LogP contribution in [0.5, 0.6) is 0 Å². The fourth-order valence-electron chi connectivity index (χ4n) is 1.53. The molecule has 16 heavy (non-hydrogen) atoms. The maximum atomic E-state index is 10.1. The SMILES string of the molecule is Cn1nnc(Br)c1C(O)Cc1ccncc1. The van der Waals surface area contributed by atoms with Crippen LogP contribution in [0.1, 0.15) is 17.4 Å². The molecule has 0 aliphatic heterocycles. The Bertz CT molecular complexity index is 451. The maximum absolute atomic E-state index is 10.1. The summed E-state index contributed by atoms with van der Waals surface area (Å²) in [5, 5.41) is 17.7. The van der Waals surface area contributed by atoms with Gasteiger partial charge in [-0.1, -0.05) is 5.21 Å². The first-order chi connectivity index (χ1) is 7.68. The molecular weight excluding hydrogens is 272 g/mol. The van der Waals surface area contributed by atoms with E-state index >= 15 is 0 Å². The van der Waals surface area contributed by atoms with Gasteiger partial charge in [-0.15, -0.1) is 5.10 Å². The molecule has 0 bridgehead atoms. The van der Waals surface area contributed by atoms with Crippen molar-refractivity contribution in [1.29, 1.82) is 0 Å². The second kappa shape index (κ2) is 4.71. The lowest BCUT2D eigenvalue weighted by molar-refractivity contribution is 0.167. The Labute approximate surface area is 101 Å². The van der Waals surface area contributed by atoms with Crippen molar-refractivity contribution in [3.05, 3.63) is 40.4 Å². The average Bonchev–Trinajstić information content (AvgIpc) is 2.60. The van der Waals surface area contributed by atoms with E-state index in [1.807, 2.05) is 12.1 Å². The zero-order valence-electron chi connectivity index (χ0n) is 8.71. The molecule has 0 saturated heterocycles. The van der Waals surface area contributed by atoms with Crippen LogP contribution in [-0.4, -0.2) is 25.1 Å². The lowest BCUT2D eigenvalue weighted by Gasteiger charge is -2.10. The second-order valence-electron chi connectivity index (χ2n) is 3.46. The summed E-state index contributed by atoms with van der Waals surface area (Å²) in [5.74, 6) is 0. The van der Waals surface area contributed by atoms with Crippen molar-refractivity contribution in [3.63, 3.8) is 0 Å². The summed E-state index contributed by atoms with van der Waals surface area (Å²) < 4.78 is 2.15. The number of hydrogen-bond donors (Lipinski definition) is 1. The van der Waals surface area contributed by atoms with Crippen LogP contribution in [0.3, 0.4) is 0 Å². The number of pyridine rings is 1. The highest BCUT2D eigenvalue weighted by atomic mass is 79.9. The van der Waals surface area contributed by atoms with Crippen molar-refractivity contribution >= 4 is 15.9 Å². The van der Waals surface area contributed by atoms with Crippen LogP contribution in [0.15, 0.2) is 29.1 Å². The van der Waals surface area contributed by atoms with Crippen LogP contribution >= 0.6 is 15.9 Å². The van der Waals surface area contributed by atoms with E-state index in [2.05, 4.69) is 31.2 Å². The average molecular weight is 283 g/mol. The number of aryl methyl sites for hydroxylation is 1. The first-order valence-corrected chi connectivity index (χ1v) is 5.60. The van der Waals surface area contributed by atoms with Crippen molar-refractivity contribution in [3.8, 4) is 0 Å². The minimum Gasteiger partial charge on any atom is -0.386 e. The summed E-state index contributed by atoms with van der Waals surface area (Å²) in [6.07, 6.45) is 3.30. The highest BCUT2D eigenvalue weighted by molar-refractivity contribution is 9.10. The van der Waals surface area contributed by atoms with Crippen molar-refractivity contribution in [1.82, 2.24) is 20.0 Å². The smallest absolute Gasteiger partial charge is 0.154 e. The standard InChI is InChI=1S/C10H11BrN4O/c1-15-9(10(11)13-14-15)8(16)6-7-2-4-12-5-3-7/h2-5,8,16H,6H2,1H3. The minimum atomic E-state index is -0.628. The minimum absolute atomic E-state index is 0.516. The number of nitrogens with zero attached hydrogens (tertiary/aromatic N) is 4. The Balaban J connectivity index is 2.18. The number of aliphatic hydroxyl groups is 1. The Morgan fingerprint density at radius 2 is 2.12 bits per heavy atom. The number of aliphatic hydroxyl groups excluding tert-OH is 1. The second-order valence-corrected chi connectivity index (χ2v) is 4.22. The predicted octanol–water partition coefficient (Wildman–Crippen LogP) is 1.25. The molecule has 2 rings (SSSR count). The van der Waals surface area contributed by atoms with E-state index in [0.29, 0.717) is 16.7 Å². The molecule has 1 N–H and O–H groups in total. The highest BCUT2D eigenvalue weighted by Crippen LogP contribution is 2.23. The molecule has 0 amide bonds. The molecule has 0 aromatic carbocycles. The summed E-state index contributed by atoms with van der Waals surface area (Å²) in [6.45, 7) is 0. The molecule has 0 fully saturated rings. The number of halogens is 1. The lowest BCUT2D eigenvalue weighted by atomic mass is 10.1. The maximum Gasteiger partial charge on any atom is 0.154 e. The molecule has 0 spiro atoms. The van der Waals surface area contributed by atoms with Gasteiger partial charge < -0.3 is 5.11 Å². The van der Waals surface area contributed by atoms with Crippen LogP contribution < -0.4 is 0 Å². The molecule has 1 atom stereocenters. The Kier molecular flexibility index (Phi) is 3.31. The van der Waals surface area contributed by atoms with Crippen LogP contribution in [0.25, 0.3) is 0 Å². The van der Waals surface area contributed by atoms with Crippen molar-refractivity contribution in [2.24, 2.45) is 7.05 Å². The molecule has 5 nitrogen and oxygen atoms in total. The van der Waals surface area contributed by atoms with Gasteiger partial charge in [0.05, 0.1) is 0 Å². The van der Waals surface area contributed by atoms with Crippen molar-refractivity contribution in [2.45, 2.75) is 12.5 Å². The molecule has 1 unspecified atom stereocenters. The summed E-state index contributed by atoms with van der Waals surface area (Å²) in [7, 11) is 1.75. The molecule has 0 saturated carbocycles. The Morgan fingerprint density at radius 1 is 1.44 bits per heavy atom. The molecule has 0 radical (unpaired) electrons. The van der Waals surface area contributed by atoms with E-state index < -0.39 is 6.10 Å². The van der Waals surface area contributed by atoms with Gasteiger partial charge in [0.1, 0.15) is 11.8 Å². The summed E-state index contributed by atoms with van der Waals surface area (Å²) >= 11 is 3.26. The van der Waals surface area contributed by atoms with Gasteiger partial charge in [-0.3, -0.25) is 4.98 Å². The summed E-state index contributed by atoms with van der Waals surface area (Å²) in [5.41, 5.74) is 1.70. The first-order valence-electron chi connectivity index (χ1n) is 4.80. The van der Waals surface area contributed by atoms with Crippen LogP contribution in [-0.2, 0) is 13.5 Å². The van der Waals surface area contributed by atoms with E-state index in [0.717, 1.165) is 5.56 Å².